The van der Waals surface area contributed by atoms with Crippen LogP contribution >= 0.6 is 0 Å². The molecular formula is C28H37F4NO4. The van der Waals surface area contributed by atoms with Crippen LogP contribution in [0.5, 0.6) is 5.75 Å². The Labute approximate surface area is 215 Å². The Morgan fingerprint density at radius 1 is 1.05 bits per heavy atom. The standard InChI is InChI=1S/C28H37F4NO4/c1-26(2,3)37-25(35)22-6-5-13-33(22)24(34)20-14-19(17-7-8-17)23(15-21(20)29)36-16-27(4)11-9-18(10-12-27)28(30,31)32/h14-15,17-18,22H,5-13,16H2,1-4H3/t18?,22-,27?/m0/s1. The zero-order valence-corrected chi connectivity index (χ0v) is 22.0. The van der Waals surface area contributed by atoms with Gasteiger partial charge >= 0.3 is 12.1 Å². The minimum absolute atomic E-state index is 0.0648. The van der Waals surface area contributed by atoms with Crippen LogP contribution in [0.4, 0.5) is 17.6 Å². The third-order valence-electron chi connectivity index (χ3n) is 7.77. The highest BCUT2D eigenvalue weighted by atomic mass is 19.4. The van der Waals surface area contributed by atoms with Crippen LogP contribution in [0, 0.1) is 17.2 Å². The number of hydrogen-bond acceptors (Lipinski definition) is 4. The van der Waals surface area contributed by atoms with E-state index in [0.29, 0.717) is 38.0 Å². The number of alkyl halides is 3. The molecule has 2 saturated carbocycles. The highest BCUT2D eigenvalue weighted by Gasteiger charge is 2.45. The maximum atomic E-state index is 15.3. The van der Waals surface area contributed by atoms with Gasteiger partial charge in [-0.2, -0.15) is 13.2 Å². The molecule has 0 unspecified atom stereocenters. The van der Waals surface area contributed by atoms with E-state index in [2.05, 4.69) is 0 Å². The molecule has 3 fully saturated rings. The number of esters is 1. The van der Waals surface area contributed by atoms with Crippen molar-refractivity contribution in [2.75, 3.05) is 13.2 Å². The number of nitrogens with zero attached hydrogens (tertiary/aromatic N) is 1. The van der Waals surface area contributed by atoms with Crippen LogP contribution in [0.15, 0.2) is 12.1 Å². The number of benzene rings is 1. The molecule has 1 aliphatic heterocycles. The lowest BCUT2D eigenvalue weighted by Crippen LogP contribution is -2.43. The number of carbonyl (C=O) groups excluding carboxylic acids is 2. The molecule has 4 rings (SSSR count). The normalized spacial score (nSPS) is 26.8. The Kier molecular flexibility index (Phi) is 7.56. The minimum Gasteiger partial charge on any atom is -0.493 e. The Morgan fingerprint density at radius 2 is 1.70 bits per heavy atom. The lowest BCUT2D eigenvalue weighted by Gasteiger charge is -2.37. The van der Waals surface area contributed by atoms with Gasteiger partial charge in [0.25, 0.3) is 5.91 Å². The number of carbonyl (C=O) groups is 2. The molecule has 0 N–H and O–H groups in total. The van der Waals surface area contributed by atoms with Crippen molar-refractivity contribution in [3.8, 4) is 5.75 Å². The molecule has 1 atom stereocenters. The van der Waals surface area contributed by atoms with E-state index >= 15 is 4.39 Å². The molecule has 2 aliphatic carbocycles. The summed E-state index contributed by atoms with van der Waals surface area (Å²) in [5.74, 6) is -2.55. The van der Waals surface area contributed by atoms with Gasteiger partial charge in [-0.15, -0.1) is 0 Å². The fourth-order valence-electron chi connectivity index (χ4n) is 5.39. The summed E-state index contributed by atoms with van der Waals surface area (Å²) in [7, 11) is 0. The van der Waals surface area contributed by atoms with Gasteiger partial charge in [-0.3, -0.25) is 4.79 Å². The van der Waals surface area contributed by atoms with E-state index in [1.54, 1.807) is 20.8 Å². The summed E-state index contributed by atoms with van der Waals surface area (Å²) in [6, 6.07) is 2.01. The van der Waals surface area contributed by atoms with Crippen molar-refractivity contribution in [1.29, 1.82) is 0 Å². The van der Waals surface area contributed by atoms with E-state index in [1.165, 1.54) is 17.0 Å². The first kappa shape index (κ1) is 27.7. The van der Waals surface area contributed by atoms with Gasteiger partial charge in [0.05, 0.1) is 18.1 Å². The first-order chi connectivity index (χ1) is 17.2. The molecule has 206 valence electrons. The number of rotatable bonds is 6. The first-order valence-electron chi connectivity index (χ1n) is 13.2. The first-order valence-corrected chi connectivity index (χ1v) is 13.2. The molecule has 1 heterocycles. The molecule has 9 heteroatoms. The quantitative estimate of drug-likeness (QED) is 0.302. The summed E-state index contributed by atoms with van der Waals surface area (Å²) >= 11 is 0. The zero-order chi connectivity index (χ0) is 27.2. The second kappa shape index (κ2) is 10.1. The minimum atomic E-state index is -4.18. The molecule has 0 bridgehead atoms. The number of likely N-dealkylation sites (tertiary alicyclic amines) is 1. The maximum absolute atomic E-state index is 15.3. The smallest absolute Gasteiger partial charge is 0.391 e. The van der Waals surface area contributed by atoms with Gasteiger partial charge in [-0.25, -0.2) is 9.18 Å². The van der Waals surface area contributed by atoms with Crippen molar-refractivity contribution in [2.45, 2.75) is 103 Å². The molecular weight excluding hydrogens is 490 g/mol. The van der Waals surface area contributed by atoms with Gasteiger partial charge in [0.2, 0.25) is 0 Å². The molecule has 0 radical (unpaired) electrons. The van der Waals surface area contributed by atoms with Crippen molar-refractivity contribution in [3.05, 3.63) is 29.1 Å². The summed E-state index contributed by atoms with van der Waals surface area (Å²) in [6.45, 7) is 7.72. The summed E-state index contributed by atoms with van der Waals surface area (Å²) in [6.07, 6.45) is -0.398. The number of hydrogen-bond donors (Lipinski definition) is 0. The summed E-state index contributed by atoms with van der Waals surface area (Å²) < 4.78 is 66.0. The lowest BCUT2D eigenvalue weighted by atomic mass is 9.72. The Morgan fingerprint density at radius 3 is 2.27 bits per heavy atom. The van der Waals surface area contributed by atoms with Crippen LogP contribution in [0.3, 0.4) is 0 Å². The predicted octanol–water partition coefficient (Wildman–Crippen LogP) is 6.79. The fourth-order valence-corrected chi connectivity index (χ4v) is 5.39. The maximum Gasteiger partial charge on any atom is 0.391 e. The van der Waals surface area contributed by atoms with Crippen molar-refractivity contribution in [2.24, 2.45) is 11.3 Å². The van der Waals surface area contributed by atoms with Gasteiger partial charge in [0, 0.05) is 18.0 Å². The average Bonchev–Trinajstić information content (AvgIpc) is 3.51. The zero-order valence-electron chi connectivity index (χ0n) is 22.0. The molecule has 1 amide bonds. The summed E-state index contributed by atoms with van der Waals surface area (Å²) in [5, 5.41) is 0. The van der Waals surface area contributed by atoms with Crippen LogP contribution in [0.25, 0.3) is 0 Å². The van der Waals surface area contributed by atoms with Gasteiger partial charge in [-0.1, -0.05) is 6.92 Å². The second-order valence-corrected chi connectivity index (χ2v) is 12.2. The molecule has 37 heavy (non-hydrogen) atoms. The highest BCUT2D eigenvalue weighted by molar-refractivity contribution is 5.98. The largest absolute Gasteiger partial charge is 0.493 e. The number of amides is 1. The monoisotopic (exact) mass is 527 g/mol. The van der Waals surface area contributed by atoms with Crippen LogP contribution in [0.2, 0.25) is 0 Å². The van der Waals surface area contributed by atoms with E-state index in [4.69, 9.17) is 9.47 Å². The van der Waals surface area contributed by atoms with Gasteiger partial charge < -0.3 is 14.4 Å². The van der Waals surface area contributed by atoms with E-state index in [0.717, 1.165) is 18.4 Å². The SMILES string of the molecule is CC1(COc2cc(F)c(C(=O)N3CCC[C@H]3C(=O)OC(C)(C)C)cc2C2CC2)CCC(C(F)(F)F)CC1. The third kappa shape index (κ3) is 6.58. The Bertz CT molecular complexity index is 1020. The van der Waals surface area contributed by atoms with Crippen LogP contribution in [-0.4, -0.2) is 47.7 Å². The number of ether oxygens (including phenoxy) is 2. The van der Waals surface area contributed by atoms with Gasteiger partial charge in [0.15, 0.2) is 0 Å². The van der Waals surface area contributed by atoms with E-state index in [-0.39, 0.29) is 30.9 Å². The van der Waals surface area contributed by atoms with Crippen LogP contribution in [-0.2, 0) is 9.53 Å². The number of halogens is 4. The van der Waals surface area contributed by atoms with Gasteiger partial charge in [-0.05, 0) is 89.7 Å². The highest BCUT2D eigenvalue weighted by Crippen LogP contribution is 2.48. The van der Waals surface area contributed by atoms with Gasteiger partial charge in [0.1, 0.15) is 23.2 Å². The molecule has 0 spiro atoms. The average molecular weight is 528 g/mol. The van der Waals surface area contributed by atoms with Crippen molar-refractivity contribution >= 4 is 11.9 Å². The molecule has 5 nitrogen and oxygen atoms in total. The summed E-state index contributed by atoms with van der Waals surface area (Å²) in [5.41, 5.74) is -0.476. The van der Waals surface area contributed by atoms with Crippen LogP contribution < -0.4 is 4.74 Å². The van der Waals surface area contributed by atoms with E-state index in [1.807, 2.05) is 6.92 Å². The second-order valence-electron chi connectivity index (χ2n) is 12.2. The predicted molar refractivity (Wildman–Crippen MR) is 130 cm³/mol. The van der Waals surface area contributed by atoms with Crippen molar-refractivity contribution in [1.82, 2.24) is 4.90 Å². The molecule has 1 aromatic carbocycles. The van der Waals surface area contributed by atoms with E-state index in [9.17, 15) is 22.8 Å². The topological polar surface area (TPSA) is 55.8 Å². The van der Waals surface area contributed by atoms with Crippen LogP contribution in [0.1, 0.15) is 101 Å². The fraction of sp³-hybridized carbons (Fsp3) is 0.714. The molecule has 1 saturated heterocycles. The Balaban J connectivity index is 1.48. The summed E-state index contributed by atoms with van der Waals surface area (Å²) in [4.78, 5) is 27.4. The van der Waals surface area contributed by atoms with Crippen molar-refractivity contribution < 1.29 is 36.6 Å². The molecule has 1 aromatic rings. The molecule has 3 aliphatic rings. The van der Waals surface area contributed by atoms with Crippen molar-refractivity contribution in [3.63, 3.8) is 0 Å². The Hall–Kier alpha value is -2.32. The molecule has 0 aromatic heterocycles. The lowest BCUT2D eigenvalue weighted by molar-refractivity contribution is -0.187. The third-order valence-corrected chi connectivity index (χ3v) is 7.77. The van der Waals surface area contributed by atoms with E-state index < -0.39 is 46.8 Å².